The van der Waals surface area contributed by atoms with E-state index in [0.717, 1.165) is 25.7 Å². The van der Waals surface area contributed by atoms with E-state index in [1.165, 1.54) is 0 Å². The second-order valence-corrected chi connectivity index (χ2v) is 3.30. The smallest absolute Gasteiger partial charge is 0.228 e. The number of carbonyl (C=O) groups is 1. The van der Waals surface area contributed by atoms with Crippen LogP contribution in [0.4, 0.5) is 0 Å². The zero-order chi connectivity index (χ0) is 8.97. The van der Waals surface area contributed by atoms with Gasteiger partial charge in [0.05, 0.1) is 5.84 Å². The van der Waals surface area contributed by atoms with Crippen LogP contribution >= 0.6 is 0 Å². The molecule has 1 saturated carbocycles. The van der Waals surface area contributed by atoms with Gasteiger partial charge < -0.3 is 5.32 Å². The summed E-state index contributed by atoms with van der Waals surface area (Å²) in [5, 5.41) is 9.92. The Morgan fingerprint density at radius 3 is 2.58 bits per heavy atom. The van der Waals surface area contributed by atoms with Crippen LogP contribution in [0, 0.1) is 11.3 Å². The molecule has 1 rings (SSSR count). The van der Waals surface area contributed by atoms with Crippen molar-refractivity contribution in [3.8, 4) is 0 Å². The van der Waals surface area contributed by atoms with E-state index in [0.29, 0.717) is 12.3 Å². The third-order valence-corrected chi connectivity index (χ3v) is 2.35. The molecule has 0 aliphatic heterocycles. The average Bonchev–Trinajstić information content (AvgIpc) is 2.56. The Hall–Kier alpha value is -0.860. The second-order valence-electron chi connectivity index (χ2n) is 3.30. The normalized spacial score (nSPS) is 17.8. The zero-order valence-corrected chi connectivity index (χ0v) is 7.52. The lowest BCUT2D eigenvalue weighted by atomic mass is 10.1. The van der Waals surface area contributed by atoms with Gasteiger partial charge in [-0.15, -0.1) is 0 Å². The van der Waals surface area contributed by atoms with Crippen molar-refractivity contribution in [3.63, 3.8) is 0 Å². The molecule has 3 heteroatoms. The number of nitrogens with one attached hydrogen (secondary N) is 2. The summed E-state index contributed by atoms with van der Waals surface area (Å²) in [6, 6.07) is 0. The molecular formula is C9H16N2O. The van der Waals surface area contributed by atoms with Crippen molar-refractivity contribution in [2.75, 3.05) is 0 Å². The molecule has 12 heavy (non-hydrogen) atoms. The molecule has 0 spiro atoms. The van der Waals surface area contributed by atoms with Gasteiger partial charge in [-0.2, -0.15) is 0 Å². The first-order valence-corrected chi connectivity index (χ1v) is 4.62. The molecule has 2 N–H and O–H groups in total. The van der Waals surface area contributed by atoms with Gasteiger partial charge >= 0.3 is 0 Å². The number of hydrogen-bond acceptors (Lipinski definition) is 2. The summed E-state index contributed by atoms with van der Waals surface area (Å²) in [6.07, 6.45) is 4.94. The van der Waals surface area contributed by atoms with Gasteiger partial charge in [0.1, 0.15) is 0 Å². The van der Waals surface area contributed by atoms with Crippen molar-refractivity contribution in [2.45, 2.75) is 39.0 Å². The highest BCUT2D eigenvalue weighted by atomic mass is 16.1. The molecular weight excluding hydrogens is 152 g/mol. The maximum atomic E-state index is 11.4. The van der Waals surface area contributed by atoms with E-state index in [-0.39, 0.29) is 11.8 Å². The molecule has 0 heterocycles. The van der Waals surface area contributed by atoms with Gasteiger partial charge in [-0.05, 0) is 12.8 Å². The maximum Gasteiger partial charge on any atom is 0.228 e. The maximum absolute atomic E-state index is 11.4. The largest absolute Gasteiger partial charge is 0.314 e. The number of rotatable bonds is 2. The van der Waals surface area contributed by atoms with Crippen LogP contribution < -0.4 is 5.32 Å². The van der Waals surface area contributed by atoms with E-state index in [1.54, 1.807) is 0 Å². The van der Waals surface area contributed by atoms with E-state index in [1.807, 2.05) is 6.92 Å². The molecule has 0 aromatic heterocycles. The number of hydrogen-bond donors (Lipinski definition) is 2. The lowest BCUT2D eigenvalue weighted by Crippen LogP contribution is -2.33. The quantitative estimate of drug-likeness (QED) is 0.478. The van der Waals surface area contributed by atoms with Crippen LogP contribution in [0.1, 0.15) is 39.0 Å². The summed E-state index contributed by atoms with van der Waals surface area (Å²) < 4.78 is 0. The summed E-state index contributed by atoms with van der Waals surface area (Å²) in [5.41, 5.74) is 0. The van der Waals surface area contributed by atoms with Crippen molar-refractivity contribution in [2.24, 2.45) is 5.92 Å². The standard InChI is InChI=1S/C9H16N2O/c1-2-8(10)11-9(12)7-5-3-4-6-7/h7H,2-6H2,1H3,(H2,10,11,12). The van der Waals surface area contributed by atoms with E-state index < -0.39 is 0 Å². The van der Waals surface area contributed by atoms with Crippen LogP contribution in [0.3, 0.4) is 0 Å². The highest BCUT2D eigenvalue weighted by Crippen LogP contribution is 2.24. The van der Waals surface area contributed by atoms with E-state index in [9.17, 15) is 4.79 Å². The van der Waals surface area contributed by atoms with Crippen molar-refractivity contribution in [3.05, 3.63) is 0 Å². The lowest BCUT2D eigenvalue weighted by molar-refractivity contribution is -0.123. The van der Waals surface area contributed by atoms with Gasteiger partial charge in [-0.3, -0.25) is 10.2 Å². The Kier molecular flexibility index (Phi) is 3.26. The Bertz CT molecular complexity index is 183. The van der Waals surface area contributed by atoms with Crippen LogP contribution in [0.5, 0.6) is 0 Å². The fraction of sp³-hybridized carbons (Fsp3) is 0.778. The van der Waals surface area contributed by atoms with Crippen LogP contribution in [0.15, 0.2) is 0 Å². The molecule has 3 nitrogen and oxygen atoms in total. The fourth-order valence-electron chi connectivity index (χ4n) is 1.53. The first-order valence-electron chi connectivity index (χ1n) is 4.62. The minimum atomic E-state index is 0.0550. The first kappa shape index (κ1) is 9.23. The second kappa shape index (κ2) is 4.24. The van der Waals surface area contributed by atoms with Crippen LogP contribution in [0.25, 0.3) is 0 Å². The lowest BCUT2D eigenvalue weighted by Gasteiger charge is -2.09. The van der Waals surface area contributed by atoms with Gasteiger partial charge in [-0.25, -0.2) is 0 Å². The molecule has 68 valence electrons. The molecule has 0 aromatic rings. The van der Waals surface area contributed by atoms with Crippen LogP contribution in [-0.2, 0) is 4.79 Å². The summed E-state index contributed by atoms with van der Waals surface area (Å²) in [6.45, 7) is 1.87. The first-order chi connectivity index (χ1) is 5.74. The minimum absolute atomic E-state index is 0.0550. The molecule has 0 aromatic carbocycles. The predicted octanol–water partition coefficient (Wildman–Crippen LogP) is 1.68. The summed E-state index contributed by atoms with van der Waals surface area (Å²) in [7, 11) is 0. The molecule has 0 atom stereocenters. The summed E-state index contributed by atoms with van der Waals surface area (Å²) in [4.78, 5) is 11.4. The predicted molar refractivity (Wildman–Crippen MR) is 48.1 cm³/mol. The molecule has 1 aliphatic carbocycles. The number of amides is 1. The SMILES string of the molecule is CCC(=N)NC(=O)C1CCCC1. The van der Waals surface area contributed by atoms with Crippen molar-refractivity contribution in [1.82, 2.24) is 5.32 Å². The van der Waals surface area contributed by atoms with Gasteiger partial charge in [0.15, 0.2) is 0 Å². The molecule has 1 aliphatic rings. The van der Waals surface area contributed by atoms with E-state index >= 15 is 0 Å². The molecule has 0 unspecified atom stereocenters. The van der Waals surface area contributed by atoms with E-state index in [4.69, 9.17) is 5.41 Å². The Balaban J connectivity index is 2.32. The summed E-state index contributed by atoms with van der Waals surface area (Å²) in [5.74, 6) is 0.572. The molecule has 0 bridgehead atoms. The van der Waals surface area contributed by atoms with Crippen molar-refractivity contribution < 1.29 is 4.79 Å². The van der Waals surface area contributed by atoms with Crippen LogP contribution in [-0.4, -0.2) is 11.7 Å². The fourth-order valence-corrected chi connectivity index (χ4v) is 1.53. The Morgan fingerprint density at radius 2 is 2.08 bits per heavy atom. The highest BCUT2D eigenvalue weighted by Gasteiger charge is 2.22. The zero-order valence-electron chi connectivity index (χ0n) is 7.52. The average molecular weight is 168 g/mol. The van der Waals surface area contributed by atoms with Crippen molar-refractivity contribution in [1.29, 1.82) is 5.41 Å². The minimum Gasteiger partial charge on any atom is -0.314 e. The third kappa shape index (κ3) is 2.32. The van der Waals surface area contributed by atoms with Gasteiger partial charge in [0, 0.05) is 12.3 Å². The Labute approximate surface area is 73.0 Å². The molecule has 1 amide bonds. The molecule has 1 fully saturated rings. The van der Waals surface area contributed by atoms with E-state index in [2.05, 4.69) is 5.32 Å². The third-order valence-electron chi connectivity index (χ3n) is 2.35. The van der Waals surface area contributed by atoms with Gasteiger partial charge in [0.2, 0.25) is 5.91 Å². The van der Waals surface area contributed by atoms with Crippen molar-refractivity contribution >= 4 is 11.7 Å². The molecule has 0 radical (unpaired) electrons. The summed E-state index contributed by atoms with van der Waals surface area (Å²) >= 11 is 0. The highest BCUT2D eigenvalue weighted by molar-refractivity contribution is 5.97. The van der Waals surface area contributed by atoms with Crippen LogP contribution in [0.2, 0.25) is 0 Å². The van der Waals surface area contributed by atoms with Gasteiger partial charge in [-0.1, -0.05) is 19.8 Å². The number of carbonyl (C=O) groups excluding carboxylic acids is 1. The molecule has 0 saturated heterocycles. The van der Waals surface area contributed by atoms with Gasteiger partial charge in [0.25, 0.3) is 0 Å². The monoisotopic (exact) mass is 168 g/mol. The Morgan fingerprint density at radius 1 is 1.50 bits per heavy atom. The number of amidine groups is 1. The topological polar surface area (TPSA) is 53.0 Å².